The summed E-state index contributed by atoms with van der Waals surface area (Å²) in [6, 6.07) is 7.27. The first kappa shape index (κ1) is 12.7. The fraction of sp³-hybridized carbons (Fsp3) is 0.417. The minimum absolute atomic E-state index is 0.0803. The summed E-state index contributed by atoms with van der Waals surface area (Å²) in [5.74, 6) is -0.0803. The van der Waals surface area contributed by atoms with Crippen molar-refractivity contribution < 1.29 is 9.53 Å². The lowest BCUT2D eigenvalue weighted by atomic mass is 10.1. The molecule has 0 atom stereocenters. The molecule has 0 radical (unpaired) electrons. The molecule has 4 heteroatoms. The zero-order valence-corrected chi connectivity index (χ0v) is 9.53. The maximum absolute atomic E-state index is 11.6. The average molecular weight is 222 g/mol. The van der Waals surface area contributed by atoms with E-state index in [1.54, 1.807) is 12.1 Å². The number of rotatable bonds is 6. The monoisotopic (exact) mass is 222 g/mol. The van der Waals surface area contributed by atoms with Crippen molar-refractivity contribution in [3.8, 4) is 0 Å². The molecule has 0 aliphatic heterocycles. The van der Waals surface area contributed by atoms with Gasteiger partial charge < -0.3 is 15.8 Å². The van der Waals surface area contributed by atoms with Crippen molar-refractivity contribution in [2.24, 2.45) is 5.73 Å². The van der Waals surface area contributed by atoms with Gasteiger partial charge in [-0.1, -0.05) is 12.1 Å². The Morgan fingerprint density at radius 1 is 1.38 bits per heavy atom. The van der Waals surface area contributed by atoms with Gasteiger partial charge in [-0.25, -0.2) is 0 Å². The number of hydrogen-bond acceptors (Lipinski definition) is 3. The lowest BCUT2D eigenvalue weighted by Gasteiger charge is -2.05. The number of amides is 1. The van der Waals surface area contributed by atoms with Gasteiger partial charge in [-0.2, -0.15) is 0 Å². The van der Waals surface area contributed by atoms with Crippen LogP contribution in [0.15, 0.2) is 24.3 Å². The minimum atomic E-state index is -0.0803. The van der Waals surface area contributed by atoms with E-state index in [1.165, 1.54) is 0 Å². The van der Waals surface area contributed by atoms with Gasteiger partial charge >= 0.3 is 0 Å². The van der Waals surface area contributed by atoms with Crippen LogP contribution in [-0.4, -0.2) is 25.7 Å². The van der Waals surface area contributed by atoms with E-state index in [2.05, 4.69) is 5.32 Å². The molecule has 0 aliphatic carbocycles. The van der Waals surface area contributed by atoms with Crippen molar-refractivity contribution in [1.29, 1.82) is 0 Å². The summed E-state index contributed by atoms with van der Waals surface area (Å²) in [6.07, 6.45) is 0. The molecule has 1 aromatic rings. The number of nitrogens with two attached hydrogens (primary N) is 1. The van der Waals surface area contributed by atoms with Crippen LogP contribution in [-0.2, 0) is 11.3 Å². The van der Waals surface area contributed by atoms with Crippen LogP contribution in [0.4, 0.5) is 0 Å². The highest BCUT2D eigenvalue weighted by atomic mass is 16.5. The molecular formula is C12H18N2O2. The predicted octanol–water partition coefficient (Wildman–Crippen LogP) is 0.912. The molecule has 3 N–H and O–H groups in total. The van der Waals surface area contributed by atoms with Gasteiger partial charge in [0.15, 0.2) is 0 Å². The molecule has 88 valence electrons. The molecule has 0 saturated carbocycles. The highest BCUT2D eigenvalue weighted by molar-refractivity contribution is 5.94. The van der Waals surface area contributed by atoms with Crippen LogP contribution in [0.3, 0.4) is 0 Å². The van der Waals surface area contributed by atoms with Crippen molar-refractivity contribution in [2.75, 3.05) is 19.8 Å². The Bertz CT molecular complexity index is 322. The maximum Gasteiger partial charge on any atom is 0.251 e. The first-order chi connectivity index (χ1) is 7.77. The number of hydrogen-bond donors (Lipinski definition) is 2. The molecule has 0 spiro atoms. The molecule has 0 aliphatic rings. The SMILES string of the molecule is CCOCCNC(=O)c1ccc(CN)cc1. The summed E-state index contributed by atoms with van der Waals surface area (Å²) in [7, 11) is 0. The van der Waals surface area contributed by atoms with E-state index < -0.39 is 0 Å². The smallest absolute Gasteiger partial charge is 0.251 e. The Kier molecular flexibility index (Phi) is 5.53. The minimum Gasteiger partial charge on any atom is -0.380 e. The molecule has 0 saturated heterocycles. The van der Waals surface area contributed by atoms with Gasteiger partial charge in [-0.15, -0.1) is 0 Å². The van der Waals surface area contributed by atoms with Crippen LogP contribution in [0.25, 0.3) is 0 Å². The first-order valence-corrected chi connectivity index (χ1v) is 5.43. The Hall–Kier alpha value is -1.39. The first-order valence-electron chi connectivity index (χ1n) is 5.43. The van der Waals surface area contributed by atoms with E-state index in [1.807, 2.05) is 19.1 Å². The standard InChI is InChI=1S/C12H18N2O2/c1-2-16-8-7-14-12(15)11-5-3-10(9-13)4-6-11/h3-6H,2,7-9,13H2,1H3,(H,14,15). The topological polar surface area (TPSA) is 64.3 Å². The quantitative estimate of drug-likeness (QED) is 0.703. The molecule has 0 heterocycles. The van der Waals surface area contributed by atoms with Gasteiger partial charge in [-0.05, 0) is 24.6 Å². The third-order valence-corrected chi connectivity index (χ3v) is 2.19. The summed E-state index contributed by atoms with van der Waals surface area (Å²) in [6.45, 7) is 4.16. The number of benzene rings is 1. The van der Waals surface area contributed by atoms with Crippen molar-refractivity contribution in [1.82, 2.24) is 5.32 Å². The largest absolute Gasteiger partial charge is 0.380 e. The van der Waals surface area contributed by atoms with Crippen LogP contribution in [0.2, 0.25) is 0 Å². The van der Waals surface area contributed by atoms with Crippen molar-refractivity contribution in [2.45, 2.75) is 13.5 Å². The Morgan fingerprint density at radius 3 is 2.62 bits per heavy atom. The molecular weight excluding hydrogens is 204 g/mol. The summed E-state index contributed by atoms with van der Waals surface area (Å²) < 4.78 is 5.13. The van der Waals surface area contributed by atoms with E-state index >= 15 is 0 Å². The van der Waals surface area contributed by atoms with Crippen LogP contribution in [0.1, 0.15) is 22.8 Å². The molecule has 1 rings (SSSR count). The number of ether oxygens (including phenoxy) is 1. The van der Waals surface area contributed by atoms with Gasteiger partial charge in [-0.3, -0.25) is 4.79 Å². The molecule has 0 aromatic heterocycles. The van der Waals surface area contributed by atoms with Crippen LogP contribution < -0.4 is 11.1 Å². The van der Waals surface area contributed by atoms with Crippen molar-refractivity contribution in [3.63, 3.8) is 0 Å². The molecule has 0 bridgehead atoms. The van der Waals surface area contributed by atoms with Gasteiger partial charge in [0.05, 0.1) is 6.61 Å². The fourth-order valence-corrected chi connectivity index (χ4v) is 1.28. The lowest BCUT2D eigenvalue weighted by molar-refractivity contribution is 0.0922. The highest BCUT2D eigenvalue weighted by Gasteiger charge is 2.03. The zero-order valence-electron chi connectivity index (χ0n) is 9.53. The highest BCUT2D eigenvalue weighted by Crippen LogP contribution is 2.03. The second-order valence-corrected chi connectivity index (χ2v) is 3.35. The number of carbonyl (C=O) groups excluding carboxylic acids is 1. The third kappa shape index (κ3) is 4.00. The Morgan fingerprint density at radius 2 is 2.06 bits per heavy atom. The summed E-state index contributed by atoms with van der Waals surface area (Å²) in [5.41, 5.74) is 7.14. The normalized spacial score (nSPS) is 10.1. The molecule has 0 fully saturated rings. The van der Waals surface area contributed by atoms with Crippen molar-refractivity contribution >= 4 is 5.91 Å². The summed E-state index contributed by atoms with van der Waals surface area (Å²) >= 11 is 0. The van der Waals surface area contributed by atoms with Gasteiger partial charge in [0, 0.05) is 25.3 Å². The van der Waals surface area contributed by atoms with E-state index in [4.69, 9.17) is 10.5 Å². The van der Waals surface area contributed by atoms with Crippen LogP contribution in [0.5, 0.6) is 0 Å². The number of carbonyl (C=O) groups is 1. The Labute approximate surface area is 95.8 Å². The average Bonchev–Trinajstić information content (AvgIpc) is 2.34. The van der Waals surface area contributed by atoms with Crippen LogP contribution in [0, 0.1) is 0 Å². The van der Waals surface area contributed by atoms with E-state index in [-0.39, 0.29) is 5.91 Å². The molecule has 0 unspecified atom stereocenters. The molecule has 1 aromatic carbocycles. The summed E-state index contributed by atoms with van der Waals surface area (Å²) in [4.78, 5) is 11.6. The van der Waals surface area contributed by atoms with E-state index in [9.17, 15) is 4.79 Å². The van der Waals surface area contributed by atoms with Crippen molar-refractivity contribution in [3.05, 3.63) is 35.4 Å². The number of nitrogens with one attached hydrogen (secondary N) is 1. The second kappa shape index (κ2) is 6.98. The van der Waals surface area contributed by atoms with E-state index in [0.29, 0.717) is 31.9 Å². The Balaban J connectivity index is 2.40. The van der Waals surface area contributed by atoms with Gasteiger partial charge in [0.25, 0.3) is 5.91 Å². The summed E-state index contributed by atoms with van der Waals surface area (Å²) in [5, 5.41) is 2.78. The fourth-order valence-electron chi connectivity index (χ4n) is 1.28. The molecule has 4 nitrogen and oxygen atoms in total. The van der Waals surface area contributed by atoms with Crippen LogP contribution >= 0.6 is 0 Å². The van der Waals surface area contributed by atoms with Gasteiger partial charge in [0.2, 0.25) is 0 Å². The maximum atomic E-state index is 11.6. The van der Waals surface area contributed by atoms with Gasteiger partial charge in [0.1, 0.15) is 0 Å². The predicted molar refractivity (Wildman–Crippen MR) is 63.2 cm³/mol. The second-order valence-electron chi connectivity index (χ2n) is 3.35. The van der Waals surface area contributed by atoms with E-state index in [0.717, 1.165) is 5.56 Å². The molecule has 16 heavy (non-hydrogen) atoms. The third-order valence-electron chi connectivity index (χ3n) is 2.19. The molecule has 1 amide bonds. The lowest BCUT2D eigenvalue weighted by Crippen LogP contribution is -2.27. The zero-order chi connectivity index (χ0) is 11.8.